The van der Waals surface area contributed by atoms with Crippen molar-refractivity contribution in [2.45, 2.75) is 0 Å². The van der Waals surface area contributed by atoms with Gasteiger partial charge in [0, 0.05) is 14.4 Å². The van der Waals surface area contributed by atoms with E-state index < -0.39 is 5.97 Å². The van der Waals surface area contributed by atoms with Crippen LogP contribution in [0.1, 0.15) is 5.56 Å². The lowest BCUT2D eigenvalue weighted by atomic mass is 10.2. The molecule has 0 amide bonds. The Morgan fingerprint density at radius 3 is 2.88 bits per heavy atom. The van der Waals surface area contributed by atoms with Crippen molar-refractivity contribution in [3.8, 4) is 0 Å². The molecule has 0 radical (unpaired) electrons. The highest BCUT2D eigenvalue weighted by molar-refractivity contribution is 9.10. The second-order valence-electron chi connectivity index (χ2n) is 2.88. The Hall–Kier alpha value is -1.49. The van der Waals surface area contributed by atoms with Crippen LogP contribution in [-0.2, 0) is 9.53 Å². The van der Waals surface area contributed by atoms with Gasteiger partial charge in [-0.3, -0.25) is 0 Å². The molecule has 0 saturated heterocycles. The summed E-state index contributed by atoms with van der Waals surface area (Å²) >= 11 is 9.22. The molecule has 0 N–H and O–H groups in total. The minimum absolute atomic E-state index is 0.153. The lowest BCUT2D eigenvalue weighted by Gasteiger charge is -2.01. The molecule has 1 aromatic rings. The van der Waals surface area contributed by atoms with Gasteiger partial charge in [0.2, 0.25) is 0 Å². The lowest BCUT2D eigenvalue weighted by molar-refractivity contribution is -0.136. The first-order valence-electron chi connectivity index (χ1n) is 4.38. The normalized spacial score (nSPS) is 10.6. The number of carbonyl (C=O) groups is 1. The minimum atomic E-state index is -0.721. The Morgan fingerprint density at radius 2 is 2.35 bits per heavy atom. The maximum absolute atomic E-state index is 11.3. The summed E-state index contributed by atoms with van der Waals surface area (Å²) < 4.78 is 5.28. The molecule has 0 aliphatic heterocycles. The SMILES string of the molecule is COC(=O)/C(=C\c1ccc(Br)cc1Cl)N=[N+]=[N-]. The van der Waals surface area contributed by atoms with Gasteiger partial charge in [-0.25, -0.2) is 4.79 Å². The van der Waals surface area contributed by atoms with E-state index in [1.165, 1.54) is 13.2 Å². The number of rotatable bonds is 3. The summed E-state index contributed by atoms with van der Waals surface area (Å²) in [5.41, 5.74) is 8.75. The highest BCUT2D eigenvalue weighted by Gasteiger charge is 2.08. The highest BCUT2D eigenvalue weighted by Crippen LogP contribution is 2.23. The molecule has 1 rings (SSSR count). The average molecular weight is 317 g/mol. The van der Waals surface area contributed by atoms with Gasteiger partial charge in [0.05, 0.1) is 7.11 Å². The molecule has 0 spiro atoms. The molecule has 0 saturated carbocycles. The average Bonchev–Trinajstić information content (AvgIpc) is 2.30. The van der Waals surface area contributed by atoms with E-state index >= 15 is 0 Å². The molecule has 88 valence electrons. The maximum Gasteiger partial charge on any atom is 0.340 e. The number of azide groups is 1. The zero-order chi connectivity index (χ0) is 12.8. The number of carbonyl (C=O) groups excluding carboxylic acids is 1. The van der Waals surface area contributed by atoms with E-state index in [-0.39, 0.29) is 5.70 Å². The monoisotopic (exact) mass is 315 g/mol. The van der Waals surface area contributed by atoms with Crippen LogP contribution in [-0.4, -0.2) is 13.1 Å². The summed E-state index contributed by atoms with van der Waals surface area (Å²) in [5, 5.41) is 3.68. The van der Waals surface area contributed by atoms with Crippen molar-refractivity contribution >= 4 is 39.6 Å². The highest BCUT2D eigenvalue weighted by atomic mass is 79.9. The molecule has 7 heteroatoms. The quantitative estimate of drug-likeness (QED) is 0.278. The Bertz CT molecular complexity index is 524. The topological polar surface area (TPSA) is 75.1 Å². The molecular formula is C10H7BrClN3O2. The fraction of sp³-hybridized carbons (Fsp3) is 0.100. The molecule has 0 unspecified atom stereocenters. The van der Waals surface area contributed by atoms with Crippen LogP contribution in [0, 0.1) is 0 Å². The van der Waals surface area contributed by atoms with Crippen LogP contribution in [0.5, 0.6) is 0 Å². The van der Waals surface area contributed by atoms with Crippen LogP contribution in [0.3, 0.4) is 0 Å². The zero-order valence-electron chi connectivity index (χ0n) is 8.72. The van der Waals surface area contributed by atoms with Crippen molar-refractivity contribution in [3.05, 3.63) is 49.4 Å². The fourth-order valence-electron chi connectivity index (χ4n) is 1.05. The van der Waals surface area contributed by atoms with Crippen molar-refractivity contribution in [3.63, 3.8) is 0 Å². The lowest BCUT2D eigenvalue weighted by Crippen LogP contribution is -2.01. The molecule has 0 fully saturated rings. The van der Waals surface area contributed by atoms with Gasteiger partial charge in [0.25, 0.3) is 0 Å². The van der Waals surface area contributed by atoms with E-state index in [1.807, 2.05) is 0 Å². The Morgan fingerprint density at radius 1 is 1.65 bits per heavy atom. The van der Waals surface area contributed by atoms with Crippen molar-refractivity contribution < 1.29 is 9.53 Å². The van der Waals surface area contributed by atoms with Gasteiger partial charge in [-0.15, -0.1) is 0 Å². The van der Waals surface area contributed by atoms with Crippen molar-refractivity contribution in [2.75, 3.05) is 7.11 Å². The minimum Gasteiger partial charge on any atom is -0.466 e. The van der Waals surface area contributed by atoms with Crippen molar-refractivity contribution in [1.29, 1.82) is 0 Å². The van der Waals surface area contributed by atoms with Crippen LogP contribution >= 0.6 is 27.5 Å². The summed E-state index contributed by atoms with van der Waals surface area (Å²) in [6.45, 7) is 0. The van der Waals surface area contributed by atoms with E-state index in [9.17, 15) is 4.79 Å². The van der Waals surface area contributed by atoms with E-state index in [2.05, 4.69) is 30.7 Å². The molecule has 0 aliphatic carbocycles. The largest absolute Gasteiger partial charge is 0.466 e. The molecule has 0 heterocycles. The van der Waals surface area contributed by atoms with Crippen molar-refractivity contribution in [2.24, 2.45) is 5.11 Å². The summed E-state index contributed by atoms with van der Waals surface area (Å²) in [6.07, 6.45) is 1.36. The molecule has 17 heavy (non-hydrogen) atoms. The number of nitrogens with zero attached hydrogens (tertiary/aromatic N) is 3. The number of methoxy groups -OCH3 is 1. The third kappa shape index (κ3) is 3.78. The summed E-state index contributed by atoms with van der Waals surface area (Å²) in [6, 6.07) is 5.10. The third-order valence-corrected chi connectivity index (χ3v) is 2.62. The Kier molecular flexibility index (Phi) is 5.03. The van der Waals surface area contributed by atoms with Gasteiger partial charge in [0.15, 0.2) is 0 Å². The molecule has 0 aliphatic rings. The smallest absolute Gasteiger partial charge is 0.340 e. The Balaban J connectivity index is 3.21. The van der Waals surface area contributed by atoms with E-state index in [0.717, 1.165) is 4.47 Å². The predicted octanol–water partition coefficient (Wildman–Crippen LogP) is 3.93. The van der Waals surface area contributed by atoms with Gasteiger partial charge in [-0.05, 0) is 29.3 Å². The van der Waals surface area contributed by atoms with Crippen LogP contribution in [0.25, 0.3) is 16.5 Å². The summed E-state index contributed by atoms with van der Waals surface area (Å²) in [7, 11) is 1.20. The van der Waals surface area contributed by atoms with E-state index in [0.29, 0.717) is 10.6 Å². The Labute approximate surface area is 111 Å². The molecule has 5 nitrogen and oxygen atoms in total. The standard InChI is InChI=1S/C10H7BrClN3O2/c1-17-10(16)9(14-15-13)4-6-2-3-7(11)5-8(6)12/h2-5H,1H3/b9-4+. The second-order valence-corrected chi connectivity index (χ2v) is 4.20. The number of ether oxygens (including phenoxy) is 1. The van der Waals surface area contributed by atoms with Gasteiger partial charge in [-0.1, -0.05) is 38.7 Å². The molecule has 0 bridgehead atoms. The first-order valence-corrected chi connectivity index (χ1v) is 5.55. The van der Waals surface area contributed by atoms with Crippen LogP contribution in [0.15, 0.2) is 33.5 Å². The van der Waals surface area contributed by atoms with Gasteiger partial charge < -0.3 is 4.74 Å². The molecule has 0 atom stereocenters. The van der Waals surface area contributed by atoms with E-state index in [1.54, 1.807) is 18.2 Å². The number of hydrogen-bond acceptors (Lipinski definition) is 3. The number of halogens is 2. The molecule has 1 aromatic carbocycles. The second kappa shape index (κ2) is 6.30. The first kappa shape index (κ1) is 13.6. The number of benzene rings is 1. The maximum atomic E-state index is 11.3. The molecule has 0 aromatic heterocycles. The predicted molar refractivity (Wildman–Crippen MR) is 68.3 cm³/mol. The van der Waals surface area contributed by atoms with Gasteiger partial charge in [0.1, 0.15) is 5.70 Å². The number of hydrogen-bond donors (Lipinski definition) is 0. The number of esters is 1. The van der Waals surface area contributed by atoms with E-state index in [4.69, 9.17) is 17.1 Å². The first-order chi connectivity index (χ1) is 8.08. The van der Waals surface area contributed by atoms with Crippen LogP contribution in [0.4, 0.5) is 0 Å². The third-order valence-electron chi connectivity index (χ3n) is 1.80. The zero-order valence-corrected chi connectivity index (χ0v) is 11.1. The van der Waals surface area contributed by atoms with Gasteiger partial charge >= 0.3 is 5.97 Å². The van der Waals surface area contributed by atoms with Crippen LogP contribution < -0.4 is 0 Å². The summed E-state index contributed by atoms with van der Waals surface area (Å²) in [5.74, 6) is -0.721. The molecular weight excluding hydrogens is 309 g/mol. The fourth-order valence-corrected chi connectivity index (χ4v) is 1.78. The van der Waals surface area contributed by atoms with Crippen LogP contribution in [0.2, 0.25) is 5.02 Å². The van der Waals surface area contributed by atoms with Crippen molar-refractivity contribution in [1.82, 2.24) is 0 Å². The summed E-state index contributed by atoms with van der Waals surface area (Å²) in [4.78, 5) is 13.8. The van der Waals surface area contributed by atoms with Gasteiger partial charge in [-0.2, -0.15) is 0 Å².